The summed E-state index contributed by atoms with van der Waals surface area (Å²) >= 11 is 0. The molecule has 1 aliphatic heterocycles. The molecule has 2 nitrogen and oxygen atoms in total. The average Bonchev–Trinajstić information content (AvgIpc) is 2.23. The standard InChI is InChI=1S/C14H21NO/c1-14(2)10-13(16)8-9-15(14)11-12-6-4-3-5-7-12/h3-7,13,16H,8-11H2,1-2H3. The topological polar surface area (TPSA) is 23.5 Å². The van der Waals surface area contributed by atoms with Crippen molar-refractivity contribution in [1.82, 2.24) is 4.90 Å². The lowest BCUT2D eigenvalue weighted by atomic mass is 9.88. The molecule has 1 fully saturated rings. The van der Waals surface area contributed by atoms with Crippen molar-refractivity contribution in [3.63, 3.8) is 0 Å². The molecule has 0 bridgehead atoms. The Morgan fingerprint density at radius 2 is 2.00 bits per heavy atom. The van der Waals surface area contributed by atoms with Gasteiger partial charge in [0, 0.05) is 18.6 Å². The molecule has 1 aliphatic rings. The van der Waals surface area contributed by atoms with Gasteiger partial charge in [0.25, 0.3) is 0 Å². The van der Waals surface area contributed by atoms with Gasteiger partial charge in [0.15, 0.2) is 0 Å². The number of aliphatic hydroxyl groups excluding tert-OH is 1. The highest BCUT2D eigenvalue weighted by atomic mass is 16.3. The molecule has 1 atom stereocenters. The first-order valence-electron chi connectivity index (χ1n) is 6.05. The number of aliphatic hydroxyl groups is 1. The van der Waals surface area contributed by atoms with Gasteiger partial charge in [-0.1, -0.05) is 30.3 Å². The molecule has 0 aliphatic carbocycles. The van der Waals surface area contributed by atoms with Gasteiger partial charge >= 0.3 is 0 Å². The van der Waals surface area contributed by atoms with Crippen LogP contribution in [0.5, 0.6) is 0 Å². The molecule has 1 aromatic rings. The van der Waals surface area contributed by atoms with Crippen molar-refractivity contribution in [2.75, 3.05) is 6.54 Å². The van der Waals surface area contributed by atoms with Gasteiger partial charge in [-0.05, 0) is 32.3 Å². The van der Waals surface area contributed by atoms with E-state index in [1.165, 1.54) is 5.56 Å². The minimum absolute atomic E-state index is 0.105. The molecule has 0 spiro atoms. The maximum atomic E-state index is 9.70. The third-order valence-corrected chi connectivity index (χ3v) is 3.54. The Kier molecular flexibility index (Phi) is 3.31. The van der Waals surface area contributed by atoms with E-state index in [0.29, 0.717) is 0 Å². The summed E-state index contributed by atoms with van der Waals surface area (Å²) in [7, 11) is 0. The van der Waals surface area contributed by atoms with Crippen LogP contribution in [0.2, 0.25) is 0 Å². The largest absolute Gasteiger partial charge is 0.393 e. The lowest BCUT2D eigenvalue weighted by Crippen LogP contribution is -2.50. The molecular weight excluding hydrogens is 198 g/mol. The van der Waals surface area contributed by atoms with Crippen molar-refractivity contribution in [2.45, 2.75) is 44.9 Å². The smallest absolute Gasteiger partial charge is 0.0569 e. The summed E-state index contributed by atoms with van der Waals surface area (Å²) in [5, 5.41) is 9.70. The zero-order valence-electron chi connectivity index (χ0n) is 10.2. The normalized spacial score (nSPS) is 25.6. The van der Waals surface area contributed by atoms with Crippen LogP contribution >= 0.6 is 0 Å². The van der Waals surface area contributed by atoms with Crippen LogP contribution in [0.4, 0.5) is 0 Å². The molecule has 1 unspecified atom stereocenters. The first-order valence-corrected chi connectivity index (χ1v) is 6.05. The number of benzene rings is 1. The highest BCUT2D eigenvalue weighted by molar-refractivity contribution is 5.15. The first-order chi connectivity index (χ1) is 7.58. The molecule has 2 rings (SSSR count). The Morgan fingerprint density at radius 1 is 1.31 bits per heavy atom. The van der Waals surface area contributed by atoms with Crippen LogP contribution in [0.3, 0.4) is 0 Å². The zero-order valence-corrected chi connectivity index (χ0v) is 10.2. The quantitative estimate of drug-likeness (QED) is 0.825. The summed E-state index contributed by atoms with van der Waals surface area (Å²) in [5.74, 6) is 0. The van der Waals surface area contributed by atoms with E-state index >= 15 is 0 Å². The van der Waals surface area contributed by atoms with Crippen molar-refractivity contribution in [3.8, 4) is 0 Å². The Balaban J connectivity index is 2.05. The van der Waals surface area contributed by atoms with E-state index in [2.05, 4.69) is 49.1 Å². The maximum Gasteiger partial charge on any atom is 0.0569 e. The number of piperidine rings is 1. The maximum absolute atomic E-state index is 9.70. The monoisotopic (exact) mass is 219 g/mol. The lowest BCUT2D eigenvalue weighted by Gasteiger charge is -2.44. The minimum atomic E-state index is -0.123. The number of rotatable bonds is 2. The molecule has 0 aromatic heterocycles. The minimum Gasteiger partial charge on any atom is -0.393 e. The van der Waals surface area contributed by atoms with E-state index < -0.39 is 0 Å². The summed E-state index contributed by atoms with van der Waals surface area (Å²) < 4.78 is 0. The molecule has 1 saturated heterocycles. The predicted octanol–water partition coefficient (Wildman–Crippen LogP) is 2.42. The molecule has 88 valence electrons. The van der Waals surface area contributed by atoms with Crippen molar-refractivity contribution >= 4 is 0 Å². The fourth-order valence-electron chi connectivity index (χ4n) is 2.51. The van der Waals surface area contributed by atoms with Gasteiger partial charge in [0.05, 0.1) is 6.10 Å². The summed E-state index contributed by atoms with van der Waals surface area (Å²) in [6.45, 7) is 6.42. The van der Waals surface area contributed by atoms with Gasteiger partial charge in [-0.3, -0.25) is 4.90 Å². The van der Waals surface area contributed by atoms with Gasteiger partial charge in [-0.15, -0.1) is 0 Å². The van der Waals surface area contributed by atoms with Gasteiger partial charge in [0.2, 0.25) is 0 Å². The fraction of sp³-hybridized carbons (Fsp3) is 0.571. The summed E-state index contributed by atoms with van der Waals surface area (Å²) in [6.07, 6.45) is 1.65. The van der Waals surface area contributed by atoms with Gasteiger partial charge in [-0.2, -0.15) is 0 Å². The molecular formula is C14H21NO. The van der Waals surface area contributed by atoms with E-state index in [4.69, 9.17) is 0 Å². The molecule has 1 aromatic carbocycles. The molecule has 0 saturated carbocycles. The SMILES string of the molecule is CC1(C)CC(O)CCN1Cc1ccccc1. The summed E-state index contributed by atoms with van der Waals surface area (Å²) in [5.41, 5.74) is 1.46. The second-order valence-electron chi connectivity index (χ2n) is 5.37. The third-order valence-electron chi connectivity index (χ3n) is 3.54. The van der Waals surface area contributed by atoms with E-state index in [1.54, 1.807) is 0 Å². The van der Waals surface area contributed by atoms with Crippen LogP contribution in [0.1, 0.15) is 32.3 Å². The molecule has 0 radical (unpaired) electrons. The van der Waals surface area contributed by atoms with Crippen LogP contribution in [0.15, 0.2) is 30.3 Å². The van der Waals surface area contributed by atoms with Crippen LogP contribution in [-0.2, 0) is 6.54 Å². The first kappa shape index (κ1) is 11.6. The van der Waals surface area contributed by atoms with Crippen molar-refractivity contribution < 1.29 is 5.11 Å². The predicted molar refractivity (Wildman–Crippen MR) is 66.2 cm³/mol. The van der Waals surface area contributed by atoms with Crippen molar-refractivity contribution in [3.05, 3.63) is 35.9 Å². The molecule has 1 N–H and O–H groups in total. The fourth-order valence-corrected chi connectivity index (χ4v) is 2.51. The van der Waals surface area contributed by atoms with Gasteiger partial charge < -0.3 is 5.11 Å². The summed E-state index contributed by atoms with van der Waals surface area (Å²) in [4.78, 5) is 2.47. The van der Waals surface area contributed by atoms with E-state index in [1.807, 2.05) is 0 Å². The zero-order chi connectivity index (χ0) is 11.6. The second-order valence-corrected chi connectivity index (χ2v) is 5.37. The molecule has 1 heterocycles. The van der Waals surface area contributed by atoms with E-state index in [0.717, 1.165) is 25.9 Å². The van der Waals surface area contributed by atoms with E-state index in [9.17, 15) is 5.11 Å². The van der Waals surface area contributed by atoms with E-state index in [-0.39, 0.29) is 11.6 Å². The Bertz CT molecular complexity index is 334. The number of nitrogens with zero attached hydrogens (tertiary/aromatic N) is 1. The van der Waals surface area contributed by atoms with Crippen molar-refractivity contribution in [1.29, 1.82) is 0 Å². The third kappa shape index (κ3) is 2.63. The van der Waals surface area contributed by atoms with Crippen LogP contribution < -0.4 is 0 Å². The van der Waals surface area contributed by atoms with Gasteiger partial charge in [0.1, 0.15) is 0 Å². The number of hydrogen-bond donors (Lipinski definition) is 1. The molecule has 0 amide bonds. The highest BCUT2D eigenvalue weighted by Crippen LogP contribution is 2.28. The van der Waals surface area contributed by atoms with Gasteiger partial charge in [-0.25, -0.2) is 0 Å². The second kappa shape index (κ2) is 4.56. The van der Waals surface area contributed by atoms with Crippen LogP contribution in [-0.4, -0.2) is 28.2 Å². The van der Waals surface area contributed by atoms with Crippen LogP contribution in [0, 0.1) is 0 Å². The molecule has 16 heavy (non-hydrogen) atoms. The summed E-state index contributed by atoms with van der Waals surface area (Å²) in [6, 6.07) is 10.6. The number of hydrogen-bond acceptors (Lipinski definition) is 2. The number of likely N-dealkylation sites (tertiary alicyclic amines) is 1. The highest BCUT2D eigenvalue weighted by Gasteiger charge is 2.33. The van der Waals surface area contributed by atoms with Crippen LogP contribution in [0.25, 0.3) is 0 Å². The lowest BCUT2D eigenvalue weighted by molar-refractivity contribution is -0.00717. The Hall–Kier alpha value is -0.860. The van der Waals surface area contributed by atoms with Crippen molar-refractivity contribution in [2.24, 2.45) is 0 Å². The Morgan fingerprint density at radius 3 is 2.62 bits per heavy atom. The molecule has 2 heteroatoms. The Labute approximate surface area is 97.9 Å². The average molecular weight is 219 g/mol.